The summed E-state index contributed by atoms with van der Waals surface area (Å²) in [7, 11) is 1.31. The van der Waals surface area contributed by atoms with Gasteiger partial charge in [0.1, 0.15) is 5.75 Å². The zero-order chi connectivity index (χ0) is 10.8. The summed E-state index contributed by atoms with van der Waals surface area (Å²) in [6.07, 6.45) is -0.966. The van der Waals surface area contributed by atoms with Crippen LogP contribution < -0.4 is 10.5 Å². The lowest BCUT2D eigenvalue weighted by Gasteiger charge is -2.00. The van der Waals surface area contributed by atoms with E-state index in [2.05, 4.69) is 4.74 Å². The van der Waals surface area contributed by atoms with Gasteiger partial charge in [-0.25, -0.2) is 13.2 Å². The first-order chi connectivity index (χ1) is 6.39. The van der Waals surface area contributed by atoms with Crippen LogP contribution in [0.4, 0.5) is 4.79 Å². The third-order valence-electron chi connectivity index (χ3n) is 1.32. The molecule has 0 saturated carbocycles. The van der Waals surface area contributed by atoms with Crippen molar-refractivity contribution in [3.8, 4) is 5.75 Å². The highest BCUT2D eigenvalue weighted by Crippen LogP contribution is 2.18. The van der Waals surface area contributed by atoms with E-state index in [1.807, 2.05) is 0 Å². The Kier molecular flexibility index (Phi) is 2.97. The van der Waals surface area contributed by atoms with Crippen LogP contribution in [0.1, 0.15) is 0 Å². The average molecular weight is 236 g/mol. The van der Waals surface area contributed by atoms with Gasteiger partial charge < -0.3 is 10.5 Å². The zero-order valence-electron chi connectivity index (χ0n) is 6.81. The van der Waals surface area contributed by atoms with Crippen molar-refractivity contribution in [2.45, 2.75) is 4.90 Å². The molecule has 5 nitrogen and oxygen atoms in total. The molecular weight excluding hydrogens is 230 g/mol. The molecule has 0 unspecified atom stereocenters. The van der Waals surface area contributed by atoms with Crippen LogP contribution in [0.3, 0.4) is 0 Å². The number of hydrogen-bond donors (Lipinski definition) is 1. The van der Waals surface area contributed by atoms with E-state index in [0.29, 0.717) is 0 Å². The van der Waals surface area contributed by atoms with Crippen LogP contribution in [0.2, 0.25) is 0 Å². The van der Waals surface area contributed by atoms with Gasteiger partial charge >= 0.3 is 6.09 Å². The SMILES string of the molecule is NC(=O)Oc1ccc(S(=O)(=O)Cl)cc1. The predicted molar refractivity (Wildman–Crippen MR) is 49.7 cm³/mol. The van der Waals surface area contributed by atoms with Gasteiger partial charge in [0.15, 0.2) is 0 Å². The number of rotatable bonds is 2. The maximum Gasteiger partial charge on any atom is 0.409 e. The van der Waals surface area contributed by atoms with Crippen molar-refractivity contribution in [3.63, 3.8) is 0 Å². The lowest BCUT2D eigenvalue weighted by Crippen LogP contribution is -2.16. The molecule has 0 bridgehead atoms. The highest BCUT2D eigenvalue weighted by atomic mass is 35.7. The minimum absolute atomic E-state index is 0.0732. The standard InChI is InChI=1S/C7H6ClNO4S/c8-14(11,12)6-3-1-5(2-4-6)13-7(9)10/h1-4H,(H2,9,10). The van der Waals surface area contributed by atoms with Crippen LogP contribution in [0.5, 0.6) is 5.75 Å². The van der Waals surface area contributed by atoms with Crippen LogP contribution >= 0.6 is 10.7 Å². The number of nitrogens with two attached hydrogens (primary N) is 1. The molecular formula is C7H6ClNO4S. The Bertz CT molecular complexity index is 439. The molecule has 7 heteroatoms. The largest absolute Gasteiger partial charge is 0.411 e. The third kappa shape index (κ3) is 2.90. The number of amides is 1. The van der Waals surface area contributed by atoms with Gasteiger partial charge in [0.2, 0.25) is 0 Å². The first-order valence-electron chi connectivity index (χ1n) is 3.41. The predicted octanol–water partition coefficient (Wildman–Crippen LogP) is 1.07. The molecule has 1 amide bonds. The Hall–Kier alpha value is -1.27. The lowest BCUT2D eigenvalue weighted by atomic mass is 10.3. The molecule has 0 radical (unpaired) electrons. The Labute approximate surface area is 84.8 Å². The Morgan fingerprint density at radius 3 is 2.14 bits per heavy atom. The van der Waals surface area contributed by atoms with Crippen LogP contribution in [0, 0.1) is 0 Å². The van der Waals surface area contributed by atoms with Crippen molar-refractivity contribution in [1.82, 2.24) is 0 Å². The third-order valence-corrected chi connectivity index (χ3v) is 2.69. The molecule has 76 valence electrons. The van der Waals surface area contributed by atoms with Crippen LogP contribution in [-0.4, -0.2) is 14.5 Å². The van der Waals surface area contributed by atoms with Crippen molar-refractivity contribution in [2.75, 3.05) is 0 Å². The van der Waals surface area contributed by atoms with Crippen molar-refractivity contribution >= 4 is 25.8 Å². The highest BCUT2D eigenvalue weighted by Gasteiger charge is 2.09. The van der Waals surface area contributed by atoms with E-state index < -0.39 is 15.1 Å². The number of carbonyl (C=O) groups is 1. The normalized spacial score (nSPS) is 10.9. The van der Waals surface area contributed by atoms with E-state index in [1.54, 1.807) is 0 Å². The van der Waals surface area contributed by atoms with E-state index in [0.717, 1.165) is 0 Å². The Balaban J connectivity index is 2.95. The summed E-state index contributed by atoms with van der Waals surface area (Å²) in [5.74, 6) is 0.154. The number of halogens is 1. The summed E-state index contributed by atoms with van der Waals surface area (Å²) in [6, 6.07) is 4.97. The summed E-state index contributed by atoms with van der Waals surface area (Å²) in [5, 5.41) is 0. The smallest absolute Gasteiger partial charge is 0.409 e. The monoisotopic (exact) mass is 235 g/mol. The second kappa shape index (κ2) is 3.85. The van der Waals surface area contributed by atoms with Crippen LogP contribution in [0.15, 0.2) is 29.2 Å². The number of carbonyl (C=O) groups excluding carboxylic acids is 1. The fraction of sp³-hybridized carbons (Fsp3) is 0. The van der Waals surface area contributed by atoms with Gasteiger partial charge in [-0.05, 0) is 24.3 Å². The Morgan fingerprint density at radius 1 is 1.29 bits per heavy atom. The number of primary amides is 1. The highest BCUT2D eigenvalue weighted by molar-refractivity contribution is 8.13. The lowest BCUT2D eigenvalue weighted by molar-refractivity contribution is 0.211. The number of ether oxygens (including phenoxy) is 1. The van der Waals surface area contributed by atoms with Crippen molar-refractivity contribution in [1.29, 1.82) is 0 Å². The van der Waals surface area contributed by atoms with Crippen LogP contribution in [0.25, 0.3) is 0 Å². The molecule has 1 rings (SSSR count). The summed E-state index contributed by atoms with van der Waals surface area (Å²) in [4.78, 5) is 10.2. The molecule has 14 heavy (non-hydrogen) atoms. The molecule has 0 saturated heterocycles. The summed E-state index contributed by atoms with van der Waals surface area (Å²) >= 11 is 0. The molecule has 0 aliphatic carbocycles. The van der Waals surface area contributed by atoms with E-state index in [-0.39, 0.29) is 10.6 Å². The van der Waals surface area contributed by atoms with Gasteiger partial charge in [0.05, 0.1) is 4.90 Å². The molecule has 0 aliphatic rings. The topological polar surface area (TPSA) is 86.5 Å². The van der Waals surface area contributed by atoms with Crippen molar-refractivity contribution in [3.05, 3.63) is 24.3 Å². The van der Waals surface area contributed by atoms with Gasteiger partial charge in [-0.2, -0.15) is 0 Å². The van der Waals surface area contributed by atoms with Gasteiger partial charge in [-0.1, -0.05) is 0 Å². The van der Waals surface area contributed by atoms with Gasteiger partial charge in [0, 0.05) is 10.7 Å². The molecule has 0 aromatic heterocycles. The molecule has 0 aliphatic heterocycles. The molecule has 0 heterocycles. The molecule has 0 atom stereocenters. The summed E-state index contributed by atoms with van der Waals surface area (Å²) < 4.78 is 26.1. The summed E-state index contributed by atoms with van der Waals surface area (Å²) in [5.41, 5.74) is 4.74. The molecule has 1 aromatic rings. The van der Waals surface area contributed by atoms with E-state index >= 15 is 0 Å². The minimum atomic E-state index is -3.75. The fourth-order valence-corrected chi connectivity index (χ4v) is 1.56. The van der Waals surface area contributed by atoms with Gasteiger partial charge in [0.25, 0.3) is 9.05 Å². The van der Waals surface area contributed by atoms with E-state index in [1.165, 1.54) is 24.3 Å². The summed E-state index contributed by atoms with van der Waals surface area (Å²) in [6.45, 7) is 0. The number of hydrogen-bond acceptors (Lipinski definition) is 4. The molecule has 0 spiro atoms. The molecule has 0 fully saturated rings. The number of benzene rings is 1. The van der Waals surface area contributed by atoms with Crippen molar-refractivity contribution in [2.24, 2.45) is 5.73 Å². The fourth-order valence-electron chi connectivity index (χ4n) is 0.786. The second-order valence-corrected chi connectivity index (χ2v) is 4.90. The maximum atomic E-state index is 10.8. The van der Waals surface area contributed by atoms with Gasteiger partial charge in [-0.3, -0.25) is 0 Å². The Morgan fingerprint density at radius 2 is 1.79 bits per heavy atom. The first kappa shape index (κ1) is 10.8. The van der Waals surface area contributed by atoms with Crippen LogP contribution in [-0.2, 0) is 9.05 Å². The second-order valence-electron chi connectivity index (χ2n) is 2.33. The molecule has 2 N–H and O–H groups in total. The first-order valence-corrected chi connectivity index (χ1v) is 5.72. The maximum absolute atomic E-state index is 10.8. The van der Waals surface area contributed by atoms with E-state index in [9.17, 15) is 13.2 Å². The minimum Gasteiger partial charge on any atom is -0.411 e. The zero-order valence-corrected chi connectivity index (χ0v) is 8.38. The molecule has 1 aromatic carbocycles. The van der Waals surface area contributed by atoms with E-state index in [4.69, 9.17) is 16.4 Å². The quantitative estimate of drug-likeness (QED) is 0.777. The average Bonchev–Trinajstić information content (AvgIpc) is 2.02. The van der Waals surface area contributed by atoms with Gasteiger partial charge in [-0.15, -0.1) is 0 Å². The van der Waals surface area contributed by atoms with Crippen molar-refractivity contribution < 1.29 is 17.9 Å².